The fraction of sp³-hybridized carbons (Fsp3) is 0.300. The minimum absolute atomic E-state index is 0.184. The largest absolute Gasteiger partial charge is 0.493 e. The van der Waals surface area contributed by atoms with Crippen molar-refractivity contribution in [2.75, 3.05) is 33.3 Å². The molecule has 0 heterocycles. The molecule has 0 unspecified atom stereocenters. The molecule has 7 heteroatoms. The van der Waals surface area contributed by atoms with E-state index in [0.717, 1.165) is 11.1 Å². The van der Waals surface area contributed by atoms with E-state index in [1.165, 1.54) is 33.5 Å². The van der Waals surface area contributed by atoms with Crippen LogP contribution >= 0.6 is 0 Å². The number of benzene rings is 2. The third-order valence-corrected chi connectivity index (χ3v) is 3.90. The second-order valence-corrected chi connectivity index (χ2v) is 5.86. The maximum atomic E-state index is 12.3. The van der Waals surface area contributed by atoms with Crippen LogP contribution in [0.15, 0.2) is 30.3 Å². The van der Waals surface area contributed by atoms with Crippen LogP contribution in [0, 0.1) is 13.8 Å². The van der Waals surface area contributed by atoms with Gasteiger partial charge in [0.1, 0.15) is 0 Å². The van der Waals surface area contributed by atoms with E-state index in [4.69, 9.17) is 18.9 Å². The summed E-state index contributed by atoms with van der Waals surface area (Å²) in [6, 6.07) is 8.65. The molecule has 7 nitrogen and oxygen atoms in total. The molecule has 0 spiro atoms. The number of hydrogen-bond donors (Lipinski definition) is 1. The number of anilines is 1. The van der Waals surface area contributed by atoms with Crippen molar-refractivity contribution >= 4 is 17.6 Å². The van der Waals surface area contributed by atoms with E-state index >= 15 is 0 Å². The molecule has 2 aromatic carbocycles. The third kappa shape index (κ3) is 4.91. The number of carbonyl (C=O) groups is 2. The van der Waals surface area contributed by atoms with Crippen molar-refractivity contribution in [3.05, 3.63) is 47.0 Å². The molecule has 0 aliphatic heterocycles. The van der Waals surface area contributed by atoms with Gasteiger partial charge < -0.3 is 24.3 Å². The number of carbonyl (C=O) groups excluding carboxylic acids is 2. The first-order chi connectivity index (χ1) is 12.9. The van der Waals surface area contributed by atoms with Gasteiger partial charge in [0, 0.05) is 5.69 Å². The molecule has 0 saturated carbocycles. The van der Waals surface area contributed by atoms with Gasteiger partial charge in [-0.25, -0.2) is 4.79 Å². The van der Waals surface area contributed by atoms with Crippen LogP contribution in [-0.2, 0) is 9.53 Å². The number of aryl methyl sites for hydroxylation is 2. The summed E-state index contributed by atoms with van der Waals surface area (Å²) in [7, 11) is 4.37. The molecule has 0 fully saturated rings. The van der Waals surface area contributed by atoms with Gasteiger partial charge in [0.15, 0.2) is 18.1 Å². The highest BCUT2D eigenvalue weighted by molar-refractivity contribution is 5.96. The van der Waals surface area contributed by atoms with Crippen LogP contribution in [0.4, 0.5) is 5.69 Å². The third-order valence-electron chi connectivity index (χ3n) is 3.90. The zero-order valence-corrected chi connectivity index (χ0v) is 16.0. The Balaban J connectivity index is 2.07. The van der Waals surface area contributed by atoms with Crippen LogP contribution < -0.4 is 19.5 Å². The van der Waals surface area contributed by atoms with Crippen LogP contribution in [0.5, 0.6) is 17.2 Å². The van der Waals surface area contributed by atoms with Gasteiger partial charge in [-0.15, -0.1) is 0 Å². The number of ether oxygens (including phenoxy) is 4. The highest BCUT2D eigenvalue weighted by Gasteiger charge is 2.18. The summed E-state index contributed by atoms with van der Waals surface area (Å²) in [4.78, 5) is 24.4. The number of nitrogens with one attached hydrogen (secondary N) is 1. The summed E-state index contributed by atoms with van der Waals surface area (Å²) in [5.41, 5.74) is 2.81. The summed E-state index contributed by atoms with van der Waals surface area (Å²) >= 11 is 0. The molecular formula is C20H23NO6. The lowest BCUT2D eigenvalue weighted by Crippen LogP contribution is -2.21. The van der Waals surface area contributed by atoms with Crippen molar-refractivity contribution < 1.29 is 28.5 Å². The Morgan fingerprint density at radius 1 is 0.926 bits per heavy atom. The first kappa shape index (κ1) is 20.1. The smallest absolute Gasteiger partial charge is 0.338 e. The first-order valence-corrected chi connectivity index (χ1v) is 8.23. The molecule has 0 aromatic heterocycles. The van der Waals surface area contributed by atoms with Gasteiger partial charge >= 0.3 is 5.97 Å². The van der Waals surface area contributed by atoms with Crippen LogP contribution in [-0.4, -0.2) is 39.8 Å². The van der Waals surface area contributed by atoms with E-state index in [0.29, 0.717) is 22.9 Å². The number of hydrogen-bond acceptors (Lipinski definition) is 6. The van der Waals surface area contributed by atoms with E-state index in [9.17, 15) is 9.59 Å². The second kappa shape index (κ2) is 8.93. The van der Waals surface area contributed by atoms with Gasteiger partial charge in [0.05, 0.1) is 26.9 Å². The van der Waals surface area contributed by atoms with Crippen molar-refractivity contribution in [2.24, 2.45) is 0 Å². The second-order valence-electron chi connectivity index (χ2n) is 5.86. The van der Waals surface area contributed by atoms with Gasteiger partial charge in [-0.2, -0.15) is 0 Å². The predicted octanol–water partition coefficient (Wildman–Crippen LogP) is 3.12. The van der Waals surface area contributed by atoms with Crippen molar-refractivity contribution in [1.82, 2.24) is 0 Å². The Hall–Kier alpha value is -3.22. The standard InChI is InChI=1S/C20H23NO6/c1-12-6-7-13(2)15(8-12)21-18(22)11-27-20(23)14-9-16(24-3)19(26-5)17(10-14)25-4/h6-10H,11H2,1-5H3,(H,21,22). The van der Waals surface area contributed by atoms with Gasteiger partial charge in [0.2, 0.25) is 5.75 Å². The van der Waals surface area contributed by atoms with Crippen LogP contribution in [0.3, 0.4) is 0 Å². The topological polar surface area (TPSA) is 83.1 Å². The van der Waals surface area contributed by atoms with Crippen LogP contribution in [0.25, 0.3) is 0 Å². The zero-order chi connectivity index (χ0) is 20.0. The Bertz CT molecular complexity index is 821. The highest BCUT2D eigenvalue weighted by Crippen LogP contribution is 2.38. The normalized spacial score (nSPS) is 10.1. The number of esters is 1. The Kier molecular flexibility index (Phi) is 6.65. The van der Waals surface area contributed by atoms with Gasteiger partial charge in [-0.1, -0.05) is 12.1 Å². The molecule has 0 atom stereocenters. The predicted molar refractivity (Wildman–Crippen MR) is 101 cm³/mol. The van der Waals surface area contributed by atoms with Gasteiger partial charge in [-0.05, 0) is 43.2 Å². The Labute approximate surface area is 158 Å². The average molecular weight is 373 g/mol. The van der Waals surface area contributed by atoms with E-state index in [1.54, 1.807) is 0 Å². The monoisotopic (exact) mass is 373 g/mol. The Morgan fingerprint density at radius 3 is 2.11 bits per heavy atom. The summed E-state index contributed by atoms with van der Waals surface area (Å²) in [5, 5.41) is 2.74. The fourth-order valence-corrected chi connectivity index (χ4v) is 2.47. The van der Waals surface area contributed by atoms with E-state index in [-0.39, 0.29) is 5.56 Å². The van der Waals surface area contributed by atoms with Crippen molar-refractivity contribution in [2.45, 2.75) is 13.8 Å². The molecule has 2 aromatic rings. The minimum atomic E-state index is -0.676. The number of rotatable bonds is 7. The lowest BCUT2D eigenvalue weighted by molar-refractivity contribution is -0.119. The minimum Gasteiger partial charge on any atom is -0.493 e. The zero-order valence-electron chi connectivity index (χ0n) is 16.0. The molecule has 27 heavy (non-hydrogen) atoms. The quantitative estimate of drug-likeness (QED) is 0.751. The molecule has 2 rings (SSSR count). The van der Waals surface area contributed by atoms with Crippen molar-refractivity contribution in [3.8, 4) is 17.2 Å². The Morgan fingerprint density at radius 2 is 1.56 bits per heavy atom. The number of amides is 1. The van der Waals surface area contributed by atoms with Crippen molar-refractivity contribution in [3.63, 3.8) is 0 Å². The summed E-state index contributed by atoms with van der Waals surface area (Å²) in [6.07, 6.45) is 0. The molecule has 1 N–H and O–H groups in total. The molecule has 0 radical (unpaired) electrons. The molecule has 1 amide bonds. The van der Waals surface area contributed by atoms with E-state index in [2.05, 4.69) is 5.32 Å². The van der Waals surface area contributed by atoms with Crippen LogP contribution in [0.2, 0.25) is 0 Å². The summed E-state index contributed by atoms with van der Waals surface area (Å²) < 4.78 is 20.7. The van der Waals surface area contributed by atoms with E-state index < -0.39 is 18.5 Å². The molecule has 0 saturated heterocycles. The van der Waals surface area contributed by atoms with Crippen LogP contribution in [0.1, 0.15) is 21.5 Å². The average Bonchev–Trinajstić information content (AvgIpc) is 2.67. The molecule has 0 aliphatic rings. The highest BCUT2D eigenvalue weighted by atomic mass is 16.5. The van der Waals surface area contributed by atoms with Gasteiger partial charge in [-0.3, -0.25) is 4.79 Å². The molecule has 144 valence electrons. The first-order valence-electron chi connectivity index (χ1n) is 8.23. The van der Waals surface area contributed by atoms with E-state index in [1.807, 2.05) is 32.0 Å². The SMILES string of the molecule is COc1cc(C(=O)OCC(=O)Nc2cc(C)ccc2C)cc(OC)c1OC. The number of methoxy groups -OCH3 is 3. The lowest BCUT2D eigenvalue weighted by Gasteiger charge is -2.14. The molecular weight excluding hydrogens is 350 g/mol. The van der Waals surface area contributed by atoms with Crippen molar-refractivity contribution in [1.29, 1.82) is 0 Å². The summed E-state index contributed by atoms with van der Waals surface area (Å²) in [6.45, 7) is 3.40. The summed E-state index contributed by atoms with van der Waals surface area (Å²) in [5.74, 6) is -0.0913. The van der Waals surface area contributed by atoms with Gasteiger partial charge in [0.25, 0.3) is 5.91 Å². The maximum absolute atomic E-state index is 12.3. The molecule has 0 aliphatic carbocycles. The fourth-order valence-electron chi connectivity index (χ4n) is 2.47. The molecule has 0 bridgehead atoms. The lowest BCUT2D eigenvalue weighted by atomic mass is 10.1. The maximum Gasteiger partial charge on any atom is 0.338 e.